The fraction of sp³-hybridized carbons (Fsp3) is 0. The van der Waals surface area contributed by atoms with Crippen LogP contribution >= 0.6 is 11.3 Å². The van der Waals surface area contributed by atoms with Gasteiger partial charge in [0, 0.05) is 70.4 Å². The number of benzene rings is 9. The highest BCUT2D eigenvalue weighted by Crippen LogP contribution is 2.49. The van der Waals surface area contributed by atoms with E-state index >= 15 is 0 Å². The van der Waals surface area contributed by atoms with E-state index in [0.29, 0.717) is 0 Å². The van der Waals surface area contributed by atoms with Crippen molar-refractivity contribution in [1.29, 1.82) is 0 Å². The van der Waals surface area contributed by atoms with Gasteiger partial charge in [-0.05, 0) is 83.4 Å². The molecule has 58 heavy (non-hydrogen) atoms. The topological polar surface area (TPSA) is 21.3 Å². The minimum absolute atomic E-state index is 0.876. The zero-order valence-corrected chi connectivity index (χ0v) is 32.2. The number of rotatable bonds is 6. The van der Waals surface area contributed by atoms with Crippen molar-refractivity contribution in [2.24, 2.45) is 0 Å². The summed E-state index contributed by atoms with van der Waals surface area (Å²) in [5.74, 6) is 0. The summed E-state index contributed by atoms with van der Waals surface area (Å²) >= 11 is 1.85. The van der Waals surface area contributed by atoms with E-state index in [9.17, 15) is 0 Å². The summed E-state index contributed by atoms with van der Waals surface area (Å²) in [4.78, 5) is 2.40. The highest BCUT2D eigenvalue weighted by Gasteiger charge is 2.25. The molecule has 0 N–H and O–H groups in total. The summed E-state index contributed by atoms with van der Waals surface area (Å²) in [6.07, 6.45) is 0. The molecule has 12 rings (SSSR count). The second kappa shape index (κ2) is 13.1. The molecule has 0 aliphatic rings. The smallest absolute Gasteiger partial charge is 0.138 e. The van der Waals surface area contributed by atoms with Gasteiger partial charge in [-0.2, -0.15) is 0 Å². The number of hydrogen-bond acceptors (Lipinski definition) is 3. The molecule has 9 aromatic carbocycles. The fourth-order valence-corrected chi connectivity index (χ4v) is 10.3. The van der Waals surface area contributed by atoms with E-state index in [4.69, 9.17) is 4.42 Å². The van der Waals surface area contributed by atoms with Crippen LogP contribution in [-0.2, 0) is 0 Å². The van der Waals surface area contributed by atoms with Crippen LogP contribution in [0.25, 0.3) is 91.9 Å². The van der Waals surface area contributed by atoms with Crippen LogP contribution in [0.2, 0.25) is 0 Å². The highest BCUT2D eigenvalue weighted by atomic mass is 32.1. The molecule has 0 unspecified atom stereocenters. The van der Waals surface area contributed by atoms with Gasteiger partial charge in [-0.3, -0.25) is 0 Å². The molecule has 0 amide bonds. The highest BCUT2D eigenvalue weighted by molar-refractivity contribution is 7.26. The van der Waals surface area contributed by atoms with Crippen LogP contribution in [0, 0.1) is 0 Å². The molecule has 0 atom stereocenters. The van der Waals surface area contributed by atoms with Gasteiger partial charge in [0.15, 0.2) is 0 Å². The van der Waals surface area contributed by atoms with Gasteiger partial charge in [-0.25, -0.2) is 0 Å². The normalized spacial score (nSPS) is 11.8. The predicted octanol–water partition coefficient (Wildman–Crippen LogP) is 15.9. The molecule has 0 aliphatic heterocycles. The lowest BCUT2D eigenvalue weighted by molar-refractivity contribution is 0.669. The van der Waals surface area contributed by atoms with Gasteiger partial charge in [0.1, 0.15) is 11.2 Å². The molecule has 0 saturated carbocycles. The number of furan rings is 1. The Kier molecular flexibility index (Phi) is 7.40. The number of aromatic nitrogens is 1. The number of thiophene rings is 1. The first kappa shape index (κ1) is 32.8. The van der Waals surface area contributed by atoms with Gasteiger partial charge in [-0.1, -0.05) is 133 Å². The van der Waals surface area contributed by atoms with E-state index in [2.05, 4.69) is 216 Å². The average Bonchev–Trinajstić information content (AvgIpc) is 3.97. The number of para-hydroxylation sites is 2. The maximum Gasteiger partial charge on any atom is 0.138 e. The molecule has 3 heterocycles. The Labute approximate surface area is 338 Å². The van der Waals surface area contributed by atoms with E-state index in [1.54, 1.807) is 0 Å². The average molecular weight is 759 g/mol. The third-order valence-corrected chi connectivity index (χ3v) is 12.7. The van der Waals surface area contributed by atoms with Crippen molar-refractivity contribution in [3.05, 3.63) is 206 Å². The Hall–Kier alpha value is -7.40. The van der Waals surface area contributed by atoms with Crippen LogP contribution in [0.3, 0.4) is 0 Å². The molecule has 0 fully saturated rings. The van der Waals surface area contributed by atoms with Crippen LogP contribution in [0.15, 0.2) is 211 Å². The summed E-state index contributed by atoms with van der Waals surface area (Å²) in [5, 5.41) is 7.25. The van der Waals surface area contributed by atoms with Crippen molar-refractivity contribution in [2.45, 2.75) is 0 Å². The Bertz CT molecular complexity index is 3490. The Morgan fingerprint density at radius 2 is 1.05 bits per heavy atom. The Balaban J connectivity index is 1.15. The van der Waals surface area contributed by atoms with Crippen molar-refractivity contribution in [1.82, 2.24) is 4.57 Å². The lowest BCUT2D eigenvalue weighted by atomic mass is 9.92. The summed E-state index contributed by atoms with van der Waals surface area (Å²) in [6, 6.07) is 74.2. The second-order valence-electron chi connectivity index (χ2n) is 14.8. The molecule has 0 saturated heterocycles. The molecule has 3 nitrogen and oxygen atoms in total. The molecular weight excluding hydrogens is 725 g/mol. The van der Waals surface area contributed by atoms with Gasteiger partial charge in [0.25, 0.3) is 0 Å². The van der Waals surface area contributed by atoms with E-state index in [1.807, 2.05) is 11.3 Å². The van der Waals surface area contributed by atoms with Crippen molar-refractivity contribution in [3.8, 4) is 27.9 Å². The first-order valence-electron chi connectivity index (χ1n) is 19.7. The molecule has 0 bridgehead atoms. The summed E-state index contributed by atoms with van der Waals surface area (Å²) in [5.41, 5.74) is 13.2. The molecule has 0 spiro atoms. The molecule has 4 heteroatoms. The number of anilines is 3. The summed E-state index contributed by atoms with van der Waals surface area (Å²) in [7, 11) is 0. The minimum atomic E-state index is 0.876. The van der Waals surface area contributed by atoms with Crippen molar-refractivity contribution in [2.75, 3.05) is 4.90 Å². The predicted molar refractivity (Wildman–Crippen MR) is 247 cm³/mol. The maximum atomic E-state index is 6.71. The van der Waals surface area contributed by atoms with Crippen molar-refractivity contribution >= 4 is 92.3 Å². The zero-order valence-electron chi connectivity index (χ0n) is 31.3. The van der Waals surface area contributed by atoms with E-state index in [0.717, 1.165) is 61.3 Å². The van der Waals surface area contributed by atoms with Crippen LogP contribution in [0.4, 0.5) is 17.1 Å². The van der Waals surface area contributed by atoms with Gasteiger partial charge in [0.05, 0.1) is 16.7 Å². The molecule has 12 aromatic rings. The van der Waals surface area contributed by atoms with Gasteiger partial charge < -0.3 is 13.9 Å². The first-order valence-corrected chi connectivity index (χ1v) is 20.5. The third-order valence-electron chi connectivity index (χ3n) is 11.6. The first-order chi connectivity index (χ1) is 28.8. The molecule has 0 radical (unpaired) electrons. The molecule has 272 valence electrons. The van der Waals surface area contributed by atoms with Crippen LogP contribution in [0.5, 0.6) is 0 Å². The van der Waals surface area contributed by atoms with Crippen LogP contribution in [-0.4, -0.2) is 4.57 Å². The largest absolute Gasteiger partial charge is 0.456 e. The Morgan fingerprint density at radius 1 is 0.414 bits per heavy atom. The molecular formula is C54H34N2OS. The zero-order chi connectivity index (χ0) is 38.2. The Morgan fingerprint density at radius 3 is 1.84 bits per heavy atom. The molecule has 0 aliphatic carbocycles. The maximum absolute atomic E-state index is 6.71. The summed E-state index contributed by atoms with van der Waals surface area (Å²) in [6.45, 7) is 0. The van der Waals surface area contributed by atoms with Gasteiger partial charge >= 0.3 is 0 Å². The SMILES string of the molecule is c1ccc(-c2cccc3c2c2c(-c4ccccc4)c4c(cc2n3-c2ccc(N(c3ccccc3)c3cccc5sc6ccccc6c35)cc2)oc2ccccc24)cc1. The number of hydrogen-bond donors (Lipinski definition) is 0. The monoisotopic (exact) mass is 758 g/mol. The van der Waals surface area contributed by atoms with E-state index in [1.165, 1.54) is 47.6 Å². The quantitative estimate of drug-likeness (QED) is 0.168. The van der Waals surface area contributed by atoms with Gasteiger partial charge in [0.2, 0.25) is 0 Å². The summed E-state index contributed by atoms with van der Waals surface area (Å²) < 4.78 is 11.7. The van der Waals surface area contributed by atoms with E-state index < -0.39 is 0 Å². The lowest BCUT2D eigenvalue weighted by Gasteiger charge is -2.26. The second-order valence-corrected chi connectivity index (χ2v) is 15.9. The van der Waals surface area contributed by atoms with Crippen molar-refractivity contribution < 1.29 is 4.42 Å². The minimum Gasteiger partial charge on any atom is -0.456 e. The molecule has 3 aromatic heterocycles. The third kappa shape index (κ3) is 4.99. The fourth-order valence-electron chi connectivity index (χ4n) is 9.15. The van der Waals surface area contributed by atoms with Crippen LogP contribution in [0.1, 0.15) is 0 Å². The standard InChI is InChI=1S/C54H34N2OS/c1-4-16-35(17-5-1)40-24-14-25-44-52(40)54-45(34-47-53(41-22-10-12-27-46(41)57-47)50(54)36-18-6-2-7-19-36)56(44)39-32-30-38(31-33-39)55(37-20-8-3-9-21-37)43-26-15-29-49-51(43)42-23-11-13-28-48(42)58-49/h1-34H. The van der Waals surface area contributed by atoms with E-state index in [-0.39, 0.29) is 0 Å². The lowest BCUT2D eigenvalue weighted by Crippen LogP contribution is -2.10. The number of nitrogens with zero attached hydrogens (tertiary/aromatic N) is 2. The van der Waals surface area contributed by atoms with Crippen molar-refractivity contribution in [3.63, 3.8) is 0 Å². The number of fused-ring (bicyclic) bond motifs is 9. The van der Waals surface area contributed by atoms with Crippen LogP contribution < -0.4 is 4.90 Å². The van der Waals surface area contributed by atoms with Gasteiger partial charge in [-0.15, -0.1) is 11.3 Å².